The summed E-state index contributed by atoms with van der Waals surface area (Å²) in [6, 6.07) is 0. The molecule has 0 radical (unpaired) electrons. The largest absolute Gasteiger partial charge is 0.0776 e. The minimum Gasteiger partial charge on any atom is -0.0776 e. The van der Waals surface area contributed by atoms with Crippen molar-refractivity contribution >= 4 is 0 Å². The van der Waals surface area contributed by atoms with Gasteiger partial charge in [-0.1, -0.05) is 329 Å². The second kappa shape index (κ2) is 45.2. The van der Waals surface area contributed by atoms with Gasteiger partial charge >= 0.3 is 0 Å². The van der Waals surface area contributed by atoms with Gasteiger partial charge in [-0.15, -0.1) is 0 Å². The van der Waals surface area contributed by atoms with E-state index in [0.717, 1.165) is 47.3 Å². The van der Waals surface area contributed by atoms with Gasteiger partial charge in [0.1, 0.15) is 0 Å². The highest BCUT2D eigenvalue weighted by molar-refractivity contribution is 4.81. The molecule has 5 rings (SSSR count). The average molecular weight is 862 g/mol. The second-order valence-electron chi connectivity index (χ2n) is 22.0. The van der Waals surface area contributed by atoms with Gasteiger partial charge in [0.2, 0.25) is 0 Å². The van der Waals surface area contributed by atoms with E-state index in [1.165, 1.54) is 186 Å². The second-order valence-corrected chi connectivity index (χ2v) is 22.0. The van der Waals surface area contributed by atoms with Crippen molar-refractivity contribution in [3.8, 4) is 0 Å². The summed E-state index contributed by atoms with van der Waals surface area (Å²) in [4.78, 5) is 0. The van der Waals surface area contributed by atoms with Crippen LogP contribution in [0.4, 0.5) is 0 Å². The molecule has 0 heteroatoms. The van der Waals surface area contributed by atoms with Gasteiger partial charge in [0.15, 0.2) is 0 Å². The Bertz CT molecular complexity index is 764. The topological polar surface area (TPSA) is 0 Å². The Morgan fingerprint density at radius 3 is 1.00 bits per heavy atom. The summed E-state index contributed by atoms with van der Waals surface area (Å²) in [5.74, 6) is 8.46. The third-order valence-electron chi connectivity index (χ3n) is 15.9. The van der Waals surface area contributed by atoms with Gasteiger partial charge in [0.05, 0.1) is 0 Å². The molecule has 0 N–H and O–H groups in total. The van der Waals surface area contributed by atoms with Crippen LogP contribution in [0.1, 0.15) is 342 Å². The zero-order valence-electron chi connectivity index (χ0n) is 44.0. The lowest BCUT2D eigenvalue weighted by atomic mass is 9.69. The highest BCUT2D eigenvalue weighted by Crippen LogP contribution is 2.42. The molecular weight excluding hydrogens is 733 g/mol. The summed E-state index contributed by atoms with van der Waals surface area (Å²) in [6.45, 7) is 26.6. The van der Waals surface area contributed by atoms with Crippen molar-refractivity contribution in [3.63, 3.8) is 0 Å². The molecule has 5 atom stereocenters. The quantitative estimate of drug-likeness (QED) is 0.239. The average Bonchev–Trinajstić information content (AvgIpc) is 3.17. The maximum Gasteiger partial charge on any atom is -0.0383 e. The van der Waals surface area contributed by atoms with Crippen molar-refractivity contribution in [2.45, 2.75) is 342 Å². The molecule has 0 bridgehead atoms. The van der Waals surface area contributed by atoms with Crippen LogP contribution in [-0.2, 0) is 0 Å². The first kappa shape index (κ1) is 65.3. The van der Waals surface area contributed by atoms with Crippen molar-refractivity contribution in [2.24, 2.45) is 52.8 Å². The highest BCUT2D eigenvalue weighted by Gasteiger charge is 2.29. The molecule has 61 heavy (non-hydrogen) atoms. The maximum absolute atomic E-state index is 2.46. The molecule has 0 saturated heterocycles. The van der Waals surface area contributed by atoms with Gasteiger partial charge in [0.25, 0.3) is 0 Å². The van der Waals surface area contributed by atoms with E-state index in [1.807, 2.05) is 27.7 Å². The molecule has 5 saturated carbocycles. The van der Waals surface area contributed by atoms with Gasteiger partial charge in [-0.25, -0.2) is 0 Å². The monoisotopic (exact) mass is 861 g/mol. The van der Waals surface area contributed by atoms with Gasteiger partial charge in [-0.2, -0.15) is 0 Å². The van der Waals surface area contributed by atoms with Crippen LogP contribution in [0.25, 0.3) is 0 Å². The molecule has 5 fully saturated rings. The van der Waals surface area contributed by atoms with Crippen LogP contribution in [0.15, 0.2) is 0 Å². The molecular formula is C61H128. The van der Waals surface area contributed by atoms with E-state index in [1.54, 1.807) is 57.8 Å². The summed E-state index contributed by atoms with van der Waals surface area (Å²) in [7, 11) is 0. The van der Waals surface area contributed by atoms with Gasteiger partial charge in [-0.05, 0) is 65.6 Å². The van der Waals surface area contributed by atoms with Crippen molar-refractivity contribution in [3.05, 3.63) is 0 Å². The summed E-state index contributed by atoms with van der Waals surface area (Å²) >= 11 is 0. The van der Waals surface area contributed by atoms with Crippen molar-refractivity contribution in [1.29, 1.82) is 0 Å². The van der Waals surface area contributed by atoms with E-state index in [2.05, 4.69) is 55.4 Å². The molecule has 0 aromatic rings. The molecule has 0 aliphatic heterocycles. The SMILES string of the molecule is C.C.C1CCCC(C2CCCCCCC2)CCC1.CC.CC.CC1CCCCCC(C)C1.CCC(C)(C)C.CCCCC(CC)C1CCCCCC(C2CCCCCCC2)C1. The zero-order valence-corrected chi connectivity index (χ0v) is 44.0. The van der Waals surface area contributed by atoms with Gasteiger partial charge in [-0.3, -0.25) is 0 Å². The Labute approximate surface area is 393 Å². The van der Waals surface area contributed by atoms with Crippen LogP contribution >= 0.6 is 0 Å². The Morgan fingerprint density at radius 2 is 0.672 bits per heavy atom. The molecule has 0 amide bonds. The first-order valence-corrected chi connectivity index (χ1v) is 28.7. The minimum atomic E-state index is 0. The van der Waals surface area contributed by atoms with E-state index in [-0.39, 0.29) is 14.9 Å². The molecule has 0 nitrogen and oxygen atoms in total. The van der Waals surface area contributed by atoms with Gasteiger partial charge in [0, 0.05) is 0 Å². The molecule has 5 aliphatic carbocycles. The number of hydrogen-bond acceptors (Lipinski definition) is 0. The molecule has 0 spiro atoms. The number of hydrogen-bond donors (Lipinski definition) is 0. The number of unbranched alkanes of at least 4 members (excludes halogenated alkanes) is 1. The van der Waals surface area contributed by atoms with Crippen LogP contribution in [0.2, 0.25) is 0 Å². The molecule has 5 unspecified atom stereocenters. The van der Waals surface area contributed by atoms with Crippen molar-refractivity contribution < 1.29 is 0 Å². The summed E-state index contributed by atoms with van der Waals surface area (Å²) < 4.78 is 0. The fourth-order valence-corrected chi connectivity index (χ4v) is 11.7. The van der Waals surface area contributed by atoms with E-state index in [0.29, 0.717) is 5.41 Å². The normalized spacial score (nSPS) is 26.0. The van der Waals surface area contributed by atoms with Crippen LogP contribution in [0.5, 0.6) is 0 Å². The maximum atomic E-state index is 2.46. The fourth-order valence-electron chi connectivity index (χ4n) is 11.7. The lowest BCUT2D eigenvalue weighted by Gasteiger charge is -2.36. The zero-order chi connectivity index (χ0) is 44.0. The van der Waals surface area contributed by atoms with E-state index < -0.39 is 0 Å². The lowest BCUT2D eigenvalue weighted by molar-refractivity contribution is 0.149. The molecule has 0 heterocycles. The first-order valence-electron chi connectivity index (χ1n) is 28.7. The Kier molecular flexibility index (Phi) is 48.3. The summed E-state index contributed by atoms with van der Waals surface area (Å²) in [5, 5.41) is 0. The van der Waals surface area contributed by atoms with Crippen LogP contribution in [0.3, 0.4) is 0 Å². The predicted molar refractivity (Wildman–Crippen MR) is 287 cm³/mol. The van der Waals surface area contributed by atoms with Crippen LogP contribution < -0.4 is 0 Å². The Balaban J connectivity index is -0.000000772. The highest BCUT2D eigenvalue weighted by atomic mass is 14.3. The smallest absolute Gasteiger partial charge is 0.0383 e. The summed E-state index contributed by atoms with van der Waals surface area (Å²) in [6.07, 6.45) is 57.3. The van der Waals surface area contributed by atoms with E-state index in [9.17, 15) is 0 Å². The standard InChI is InChI=1S/C23H44.C16H30.C10H20.C6H14.2C2H6.2CH4/c1-3-5-14-20(4-2)22-17-12-9-13-18-23(19-22)21-15-10-7-6-8-11-16-21;1-3-7-11-15(12-8-4-1)16-13-9-5-2-6-10-14-16;1-9-6-4-3-5-7-10(2)8-9;1-5-6(2,3)4;2*1-2;;/h20-23H,3-19H2,1-2H3;15-16H,1-14H2;9-10H,3-8H2,1-2H3;5H2,1-4H3;2*1-2H3;2*1H4. The van der Waals surface area contributed by atoms with Crippen molar-refractivity contribution in [2.75, 3.05) is 0 Å². The summed E-state index contributed by atoms with van der Waals surface area (Å²) in [5.41, 5.74) is 0.542. The van der Waals surface area contributed by atoms with Gasteiger partial charge < -0.3 is 0 Å². The fraction of sp³-hybridized carbons (Fsp3) is 1.00. The lowest BCUT2D eigenvalue weighted by Crippen LogP contribution is -2.25. The third kappa shape index (κ3) is 35.9. The first-order chi connectivity index (χ1) is 28.7. The molecule has 5 aliphatic rings. The Morgan fingerprint density at radius 1 is 0.393 bits per heavy atom. The third-order valence-corrected chi connectivity index (χ3v) is 15.9. The molecule has 372 valence electrons. The number of rotatable bonds is 7. The predicted octanol–water partition coefficient (Wildman–Crippen LogP) is 23.2. The minimum absolute atomic E-state index is 0. The van der Waals surface area contributed by atoms with Crippen LogP contribution in [-0.4, -0.2) is 0 Å². The van der Waals surface area contributed by atoms with Crippen LogP contribution in [0, 0.1) is 52.8 Å². The molecule has 0 aromatic carbocycles. The Hall–Kier alpha value is 0. The van der Waals surface area contributed by atoms with Crippen molar-refractivity contribution in [1.82, 2.24) is 0 Å². The van der Waals surface area contributed by atoms with E-state index >= 15 is 0 Å². The molecule has 0 aromatic heterocycles. The van der Waals surface area contributed by atoms with E-state index in [4.69, 9.17) is 0 Å².